The van der Waals surface area contributed by atoms with Gasteiger partial charge in [0.1, 0.15) is 13.2 Å². The van der Waals surface area contributed by atoms with Crippen LogP contribution in [0.2, 0.25) is 0 Å². The summed E-state index contributed by atoms with van der Waals surface area (Å²) in [5, 5.41) is 0. The van der Waals surface area contributed by atoms with Gasteiger partial charge >= 0.3 is 17.9 Å². The zero-order chi connectivity index (χ0) is 57.8. The minimum atomic E-state index is -0.797. The van der Waals surface area contributed by atoms with E-state index in [1.165, 1.54) is 116 Å². The van der Waals surface area contributed by atoms with Gasteiger partial charge in [0.05, 0.1) is 0 Å². The smallest absolute Gasteiger partial charge is 0.306 e. The molecule has 0 aromatic heterocycles. The number of unbranched alkanes of at least 4 members (excludes halogenated alkanes) is 26. The number of esters is 3. The third kappa shape index (κ3) is 64.4. The maximum absolute atomic E-state index is 12.9. The Kier molecular flexibility index (Phi) is 63.3. The fourth-order valence-corrected chi connectivity index (χ4v) is 9.00. The second-order valence-corrected chi connectivity index (χ2v) is 21.6. The number of ether oxygens (including phenoxy) is 3. The number of carbonyl (C=O) groups excluding carboxylic acids is 3. The van der Waals surface area contributed by atoms with Crippen LogP contribution in [0.1, 0.15) is 297 Å². The van der Waals surface area contributed by atoms with Crippen LogP contribution in [0.3, 0.4) is 0 Å². The highest BCUT2D eigenvalue weighted by atomic mass is 16.6. The van der Waals surface area contributed by atoms with Gasteiger partial charge in [-0.3, -0.25) is 14.4 Å². The van der Waals surface area contributed by atoms with E-state index in [-0.39, 0.29) is 31.1 Å². The second kappa shape index (κ2) is 67.1. The van der Waals surface area contributed by atoms with Crippen molar-refractivity contribution in [3.05, 3.63) is 134 Å². The third-order valence-electron chi connectivity index (χ3n) is 13.9. The van der Waals surface area contributed by atoms with E-state index in [2.05, 4.69) is 154 Å². The molecule has 0 saturated heterocycles. The molecular formula is C74H122O6. The molecule has 0 fully saturated rings. The lowest BCUT2D eigenvalue weighted by atomic mass is 10.0. The lowest BCUT2D eigenvalue weighted by Gasteiger charge is -2.18. The summed E-state index contributed by atoms with van der Waals surface area (Å²) in [5.41, 5.74) is 0. The van der Waals surface area contributed by atoms with Crippen molar-refractivity contribution in [2.24, 2.45) is 0 Å². The predicted molar refractivity (Wildman–Crippen MR) is 348 cm³/mol. The van der Waals surface area contributed by atoms with E-state index < -0.39 is 6.10 Å². The minimum Gasteiger partial charge on any atom is -0.462 e. The van der Waals surface area contributed by atoms with Gasteiger partial charge in [-0.1, -0.05) is 296 Å². The first-order valence-electron chi connectivity index (χ1n) is 33.2. The Labute approximate surface area is 494 Å². The summed E-state index contributed by atoms with van der Waals surface area (Å²) < 4.78 is 16.9. The number of carbonyl (C=O) groups is 3. The summed E-state index contributed by atoms with van der Waals surface area (Å²) in [6.07, 6.45) is 94.6. The van der Waals surface area contributed by atoms with Crippen molar-refractivity contribution >= 4 is 17.9 Å². The van der Waals surface area contributed by atoms with Gasteiger partial charge in [0.2, 0.25) is 0 Å². The Morgan fingerprint density at radius 2 is 0.487 bits per heavy atom. The molecule has 0 saturated carbocycles. The van der Waals surface area contributed by atoms with E-state index in [4.69, 9.17) is 14.2 Å². The van der Waals surface area contributed by atoms with E-state index in [1.54, 1.807) is 0 Å². The van der Waals surface area contributed by atoms with Crippen molar-refractivity contribution < 1.29 is 28.6 Å². The van der Waals surface area contributed by atoms with E-state index in [0.717, 1.165) is 141 Å². The van der Waals surface area contributed by atoms with E-state index >= 15 is 0 Å². The standard InChI is InChI=1S/C74H122O6/c1-4-7-10-13-16-19-22-25-27-29-31-33-35-36-37-38-40-41-43-45-47-49-52-55-58-61-64-67-73(76)79-70-71(69-78-72(75)66-63-60-57-54-51-24-21-18-15-12-9-6-3)80-74(77)68-65-62-59-56-53-50-48-46-44-42-39-34-32-30-28-26-23-20-17-14-11-8-5-2/h7-8,10-11,16-17,19-20,25-28,31-34,36-37,42,44,48,50,71H,4-6,9,12-15,18,21-24,29-30,35,38-41,43,45-47,49,51-70H2,1-3H3/b10-7-,11-8-,19-16-,20-17-,27-25-,28-26-,33-31-,34-32-,37-36-,44-42-,50-48-. The summed E-state index contributed by atoms with van der Waals surface area (Å²) in [6, 6.07) is 0. The molecule has 0 bridgehead atoms. The molecule has 0 aliphatic rings. The van der Waals surface area contributed by atoms with E-state index in [9.17, 15) is 14.4 Å². The summed E-state index contributed by atoms with van der Waals surface area (Å²) in [6.45, 7) is 6.40. The third-order valence-corrected chi connectivity index (χ3v) is 13.9. The van der Waals surface area contributed by atoms with Crippen molar-refractivity contribution in [1.29, 1.82) is 0 Å². The molecule has 454 valence electrons. The second-order valence-electron chi connectivity index (χ2n) is 21.6. The first kappa shape index (κ1) is 75.5. The highest BCUT2D eigenvalue weighted by Gasteiger charge is 2.19. The highest BCUT2D eigenvalue weighted by molar-refractivity contribution is 5.71. The van der Waals surface area contributed by atoms with Gasteiger partial charge in [-0.25, -0.2) is 0 Å². The first-order valence-corrected chi connectivity index (χ1v) is 33.2. The quantitative estimate of drug-likeness (QED) is 0.0261. The highest BCUT2D eigenvalue weighted by Crippen LogP contribution is 2.16. The summed E-state index contributed by atoms with van der Waals surface area (Å²) in [4.78, 5) is 38.3. The van der Waals surface area contributed by atoms with Gasteiger partial charge in [0.25, 0.3) is 0 Å². The van der Waals surface area contributed by atoms with Crippen LogP contribution in [0, 0.1) is 0 Å². The molecule has 0 aromatic carbocycles. The number of hydrogen-bond donors (Lipinski definition) is 0. The molecule has 0 N–H and O–H groups in total. The Morgan fingerprint density at radius 1 is 0.263 bits per heavy atom. The molecule has 0 rings (SSSR count). The van der Waals surface area contributed by atoms with Crippen LogP contribution >= 0.6 is 0 Å². The van der Waals surface area contributed by atoms with Gasteiger partial charge in [-0.2, -0.15) is 0 Å². The average Bonchev–Trinajstić information content (AvgIpc) is 3.46. The van der Waals surface area contributed by atoms with Gasteiger partial charge in [0, 0.05) is 19.3 Å². The van der Waals surface area contributed by atoms with Crippen molar-refractivity contribution in [2.45, 2.75) is 303 Å². The van der Waals surface area contributed by atoms with E-state index in [0.29, 0.717) is 19.3 Å². The van der Waals surface area contributed by atoms with Crippen LogP contribution in [0.15, 0.2) is 134 Å². The molecule has 0 aliphatic carbocycles. The average molecular weight is 1110 g/mol. The Balaban J connectivity index is 4.36. The summed E-state index contributed by atoms with van der Waals surface area (Å²) in [7, 11) is 0. The maximum atomic E-state index is 12.9. The zero-order valence-corrected chi connectivity index (χ0v) is 52.0. The molecule has 0 radical (unpaired) electrons. The molecule has 0 amide bonds. The summed E-state index contributed by atoms with van der Waals surface area (Å²) in [5.74, 6) is -0.913. The normalized spacial score (nSPS) is 13.0. The van der Waals surface area contributed by atoms with Gasteiger partial charge < -0.3 is 14.2 Å². The lowest BCUT2D eigenvalue weighted by molar-refractivity contribution is -0.167. The fraction of sp³-hybridized carbons (Fsp3) is 0.662. The Hall–Kier alpha value is -4.45. The number of rotatable bonds is 59. The predicted octanol–water partition coefficient (Wildman–Crippen LogP) is 22.9. The van der Waals surface area contributed by atoms with Crippen molar-refractivity contribution in [3.8, 4) is 0 Å². The lowest BCUT2D eigenvalue weighted by Crippen LogP contribution is -2.30. The maximum Gasteiger partial charge on any atom is 0.306 e. The van der Waals surface area contributed by atoms with Crippen molar-refractivity contribution in [2.75, 3.05) is 13.2 Å². The van der Waals surface area contributed by atoms with Crippen molar-refractivity contribution in [1.82, 2.24) is 0 Å². The molecule has 0 spiro atoms. The van der Waals surface area contributed by atoms with Crippen LogP contribution in [-0.4, -0.2) is 37.2 Å². The zero-order valence-electron chi connectivity index (χ0n) is 52.0. The van der Waals surface area contributed by atoms with Crippen molar-refractivity contribution in [3.63, 3.8) is 0 Å². The topological polar surface area (TPSA) is 78.9 Å². The van der Waals surface area contributed by atoms with Gasteiger partial charge in [0.15, 0.2) is 6.10 Å². The van der Waals surface area contributed by atoms with E-state index in [1.807, 2.05) is 0 Å². The molecule has 0 aliphatic heterocycles. The van der Waals surface area contributed by atoms with Gasteiger partial charge in [-0.05, 0) is 116 Å². The van der Waals surface area contributed by atoms with Gasteiger partial charge in [-0.15, -0.1) is 0 Å². The first-order chi connectivity index (χ1) is 39.5. The minimum absolute atomic E-state index is 0.0901. The number of allylic oxidation sites excluding steroid dienone is 22. The molecule has 1 atom stereocenters. The van der Waals surface area contributed by atoms with Crippen LogP contribution in [0.25, 0.3) is 0 Å². The van der Waals surface area contributed by atoms with Crippen LogP contribution in [0.4, 0.5) is 0 Å². The largest absolute Gasteiger partial charge is 0.462 e. The number of hydrogen-bond acceptors (Lipinski definition) is 6. The molecular weight excluding hydrogens is 985 g/mol. The van der Waals surface area contributed by atoms with Crippen LogP contribution in [-0.2, 0) is 28.6 Å². The van der Waals surface area contributed by atoms with Crippen LogP contribution in [0.5, 0.6) is 0 Å². The molecule has 0 aromatic rings. The fourth-order valence-electron chi connectivity index (χ4n) is 9.00. The van der Waals surface area contributed by atoms with Crippen LogP contribution < -0.4 is 0 Å². The monoisotopic (exact) mass is 1110 g/mol. The molecule has 6 heteroatoms. The Morgan fingerprint density at radius 3 is 0.762 bits per heavy atom. The molecule has 0 heterocycles. The SMILES string of the molecule is CC/C=C\C/C=C\C/C=C\C/C=C\C/C=C\C/C=C\CCCCCCC(=O)OC(COC(=O)CCCCCCCCCCCCCC)COC(=O)CCCCCCCCCCCCC/C=C\C/C=C\C/C=C\C/C=C\C/C=C\CC. The Bertz CT molecular complexity index is 1700. The molecule has 6 nitrogen and oxygen atoms in total. The molecule has 80 heavy (non-hydrogen) atoms. The molecule has 1 unspecified atom stereocenters. The summed E-state index contributed by atoms with van der Waals surface area (Å²) >= 11 is 0.